The van der Waals surface area contributed by atoms with Crippen molar-refractivity contribution < 1.29 is 14.3 Å². The maximum absolute atomic E-state index is 11.2. The Kier molecular flexibility index (Phi) is 7.60. The van der Waals surface area contributed by atoms with E-state index in [-0.39, 0.29) is 5.78 Å². The Morgan fingerprint density at radius 3 is 2.47 bits per heavy atom. The molecule has 0 aliphatic carbocycles. The van der Waals surface area contributed by atoms with Gasteiger partial charge < -0.3 is 4.74 Å². The summed E-state index contributed by atoms with van der Waals surface area (Å²) in [6, 6.07) is 0. The predicted octanol–water partition coefficient (Wildman–Crippen LogP) is 2.50. The Hall–Kier alpha value is -1.12. The normalized spacial score (nSPS) is 12.7. The van der Waals surface area contributed by atoms with Crippen molar-refractivity contribution in [3.63, 3.8) is 0 Å². The maximum atomic E-state index is 11.2. The Labute approximate surface area is 91.5 Å². The van der Waals surface area contributed by atoms with Crippen LogP contribution in [-0.2, 0) is 14.3 Å². The molecule has 0 saturated heterocycles. The molecule has 0 radical (unpaired) electrons. The van der Waals surface area contributed by atoms with Gasteiger partial charge in [0.2, 0.25) is 0 Å². The van der Waals surface area contributed by atoms with Crippen molar-refractivity contribution in [2.45, 2.75) is 39.5 Å². The van der Waals surface area contributed by atoms with Gasteiger partial charge in [0.15, 0.2) is 0 Å². The summed E-state index contributed by atoms with van der Waals surface area (Å²) in [6.07, 6.45) is 7.52. The molecule has 86 valence electrons. The third kappa shape index (κ3) is 6.05. The lowest BCUT2D eigenvalue weighted by atomic mass is 9.98. The number of unbranched alkanes of at least 4 members (excludes halogenated alkanes) is 1. The van der Waals surface area contributed by atoms with E-state index >= 15 is 0 Å². The van der Waals surface area contributed by atoms with Crippen LogP contribution in [0.4, 0.5) is 0 Å². The molecule has 0 rings (SSSR count). The van der Waals surface area contributed by atoms with Gasteiger partial charge in [-0.05, 0) is 32.6 Å². The molecule has 0 aromatic carbocycles. The molecule has 3 heteroatoms. The lowest BCUT2D eigenvalue weighted by molar-refractivity contribution is -0.149. The first-order chi connectivity index (χ1) is 7.13. The Morgan fingerprint density at radius 2 is 2.00 bits per heavy atom. The van der Waals surface area contributed by atoms with Crippen molar-refractivity contribution in [2.24, 2.45) is 5.92 Å². The van der Waals surface area contributed by atoms with Gasteiger partial charge in [-0.3, -0.25) is 9.59 Å². The van der Waals surface area contributed by atoms with Crippen molar-refractivity contribution in [1.29, 1.82) is 0 Å². The Balaban J connectivity index is 3.92. The van der Waals surface area contributed by atoms with Crippen LogP contribution in [0, 0.1) is 5.92 Å². The summed E-state index contributed by atoms with van der Waals surface area (Å²) in [6.45, 7) is 3.51. The zero-order valence-corrected chi connectivity index (χ0v) is 9.79. The van der Waals surface area contributed by atoms with Crippen LogP contribution in [0.1, 0.15) is 39.5 Å². The number of rotatable bonds is 7. The maximum Gasteiger partial charge on any atom is 0.316 e. The summed E-state index contributed by atoms with van der Waals surface area (Å²) in [4.78, 5) is 22.4. The second-order valence-electron chi connectivity index (χ2n) is 3.50. The van der Waals surface area contributed by atoms with Gasteiger partial charge in [-0.15, -0.1) is 0 Å². The lowest BCUT2D eigenvalue weighted by Gasteiger charge is -2.09. The standard InChI is InChI=1S/C12H20O3/c1-4-5-6-7-8-9-11(10(2)13)12(14)15-3/h5-6,11H,4,7-9H2,1-3H3/b6-5-. The molecule has 0 aliphatic heterocycles. The average Bonchev–Trinajstić information content (AvgIpc) is 2.22. The van der Waals surface area contributed by atoms with Crippen LogP contribution in [0.5, 0.6) is 0 Å². The largest absolute Gasteiger partial charge is 0.468 e. The molecule has 15 heavy (non-hydrogen) atoms. The molecule has 0 N–H and O–H groups in total. The summed E-state index contributed by atoms with van der Waals surface area (Å²) in [7, 11) is 1.31. The first kappa shape index (κ1) is 13.9. The molecule has 0 aromatic rings. The van der Waals surface area contributed by atoms with Crippen LogP contribution in [0.15, 0.2) is 12.2 Å². The summed E-state index contributed by atoms with van der Waals surface area (Å²) in [5, 5.41) is 0. The molecule has 1 atom stereocenters. The van der Waals surface area contributed by atoms with Gasteiger partial charge in [0, 0.05) is 0 Å². The number of hydrogen-bond acceptors (Lipinski definition) is 3. The number of carbonyl (C=O) groups excluding carboxylic acids is 2. The van der Waals surface area contributed by atoms with E-state index in [0.717, 1.165) is 19.3 Å². The lowest BCUT2D eigenvalue weighted by Crippen LogP contribution is -2.23. The number of ether oxygens (including phenoxy) is 1. The molecule has 0 amide bonds. The van der Waals surface area contributed by atoms with E-state index in [1.165, 1.54) is 14.0 Å². The van der Waals surface area contributed by atoms with Gasteiger partial charge in [-0.1, -0.05) is 19.1 Å². The van der Waals surface area contributed by atoms with E-state index in [1.807, 2.05) is 0 Å². The van der Waals surface area contributed by atoms with E-state index in [4.69, 9.17) is 0 Å². The second-order valence-corrected chi connectivity index (χ2v) is 3.50. The first-order valence-electron chi connectivity index (χ1n) is 5.36. The molecule has 0 fully saturated rings. The minimum absolute atomic E-state index is 0.110. The van der Waals surface area contributed by atoms with Gasteiger partial charge >= 0.3 is 5.97 Å². The van der Waals surface area contributed by atoms with Crippen LogP contribution in [0.3, 0.4) is 0 Å². The van der Waals surface area contributed by atoms with Gasteiger partial charge in [0.05, 0.1) is 7.11 Å². The molecule has 0 saturated carbocycles. The van der Waals surface area contributed by atoms with Crippen molar-refractivity contribution in [2.75, 3.05) is 7.11 Å². The summed E-state index contributed by atoms with van der Waals surface area (Å²) in [5.74, 6) is -1.10. The van der Waals surface area contributed by atoms with Crippen LogP contribution in [-0.4, -0.2) is 18.9 Å². The van der Waals surface area contributed by atoms with Crippen molar-refractivity contribution in [3.05, 3.63) is 12.2 Å². The zero-order valence-electron chi connectivity index (χ0n) is 9.79. The van der Waals surface area contributed by atoms with Crippen LogP contribution in [0.25, 0.3) is 0 Å². The smallest absolute Gasteiger partial charge is 0.316 e. The van der Waals surface area contributed by atoms with E-state index < -0.39 is 11.9 Å². The quantitative estimate of drug-likeness (QED) is 0.282. The summed E-state index contributed by atoms with van der Waals surface area (Å²) >= 11 is 0. The number of carbonyl (C=O) groups is 2. The van der Waals surface area contributed by atoms with E-state index in [2.05, 4.69) is 23.8 Å². The molecule has 0 heterocycles. The van der Waals surface area contributed by atoms with Crippen molar-refractivity contribution in [1.82, 2.24) is 0 Å². The molecule has 0 spiro atoms. The molecule has 1 unspecified atom stereocenters. The van der Waals surface area contributed by atoms with E-state index in [0.29, 0.717) is 6.42 Å². The molecule has 0 aliphatic rings. The second kappa shape index (κ2) is 8.21. The van der Waals surface area contributed by atoms with Gasteiger partial charge in [0.1, 0.15) is 11.7 Å². The third-order valence-electron chi connectivity index (χ3n) is 2.24. The number of allylic oxidation sites excluding steroid dienone is 2. The fraction of sp³-hybridized carbons (Fsp3) is 0.667. The monoisotopic (exact) mass is 212 g/mol. The van der Waals surface area contributed by atoms with E-state index in [1.54, 1.807) is 0 Å². The minimum atomic E-state index is -0.579. The van der Waals surface area contributed by atoms with E-state index in [9.17, 15) is 9.59 Å². The van der Waals surface area contributed by atoms with Gasteiger partial charge in [0.25, 0.3) is 0 Å². The zero-order chi connectivity index (χ0) is 11.7. The average molecular weight is 212 g/mol. The first-order valence-corrected chi connectivity index (χ1v) is 5.36. The number of ketones is 1. The minimum Gasteiger partial charge on any atom is -0.468 e. The van der Waals surface area contributed by atoms with Crippen LogP contribution in [0.2, 0.25) is 0 Å². The Bertz CT molecular complexity index is 231. The summed E-state index contributed by atoms with van der Waals surface area (Å²) in [5.41, 5.74) is 0. The molecule has 0 aromatic heterocycles. The van der Waals surface area contributed by atoms with Crippen LogP contribution >= 0.6 is 0 Å². The SMILES string of the molecule is CC/C=C\CCCC(C(C)=O)C(=O)OC. The van der Waals surface area contributed by atoms with Gasteiger partial charge in [-0.25, -0.2) is 0 Å². The Morgan fingerprint density at radius 1 is 1.33 bits per heavy atom. The number of methoxy groups -OCH3 is 1. The number of Topliss-reactive ketones (excluding diaryl/α,β-unsaturated/α-hetero) is 1. The fourth-order valence-electron chi connectivity index (χ4n) is 1.35. The van der Waals surface area contributed by atoms with Crippen LogP contribution < -0.4 is 0 Å². The topological polar surface area (TPSA) is 43.4 Å². The molecule has 3 nitrogen and oxygen atoms in total. The van der Waals surface area contributed by atoms with Crippen molar-refractivity contribution >= 4 is 11.8 Å². The number of esters is 1. The summed E-state index contributed by atoms with van der Waals surface area (Å²) < 4.78 is 4.57. The van der Waals surface area contributed by atoms with Gasteiger partial charge in [-0.2, -0.15) is 0 Å². The molecule has 0 bridgehead atoms. The van der Waals surface area contributed by atoms with Crippen molar-refractivity contribution in [3.8, 4) is 0 Å². The third-order valence-corrected chi connectivity index (χ3v) is 2.24. The fourth-order valence-corrected chi connectivity index (χ4v) is 1.35. The number of hydrogen-bond donors (Lipinski definition) is 0. The molecular weight excluding hydrogens is 192 g/mol. The highest BCUT2D eigenvalue weighted by molar-refractivity contribution is 5.97. The molecular formula is C12H20O3. The highest BCUT2D eigenvalue weighted by Gasteiger charge is 2.22. The highest BCUT2D eigenvalue weighted by atomic mass is 16.5. The predicted molar refractivity (Wildman–Crippen MR) is 59.5 cm³/mol. The highest BCUT2D eigenvalue weighted by Crippen LogP contribution is 2.12.